The second-order valence-electron chi connectivity index (χ2n) is 8.26. The van der Waals surface area contributed by atoms with Crippen LogP contribution in [-0.2, 0) is 0 Å². The highest BCUT2D eigenvalue weighted by Gasteiger charge is 2.31. The quantitative estimate of drug-likeness (QED) is 0.318. The fraction of sp³-hybridized carbons (Fsp3) is 0.192. The number of anilines is 1. The van der Waals surface area contributed by atoms with E-state index in [0.717, 1.165) is 24.3 Å². The van der Waals surface area contributed by atoms with E-state index in [4.69, 9.17) is 34.8 Å². The maximum Gasteiger partial charge on any atom is 0.147 e. The van der Waals surface area contributed by atoms with Gasteiger partial charge in [-0.15, -0.1) is 0 Å². The first-order valence-electron chi connectivity index (χ1n) is 10.9. The number of hydrogen-bond acceptors (Lipinski definition) is 4. The molecule has 1 N–H and O–H groups in total. The number of halogens is 4. The summed E-state index contributed by atoms with van der Waals surface area (Å²) in [6.45, 7) is 2.85. The molecule has 1 atom stereocenters. The number of benzene rings is 3. The Morgan fingerprint density at radius 3 is 2.29 bits per heavy atom. The van der Waals surface area contributed by atoms with Crippen molar-refractivity contribution in [3.05, 3.63) is 98.9 Å². The zero-order valence-electron chi connectivity index (χ0n) is 18.1. The van der Waals surface area contributed by atoms with Crippen molar-refractivity contribution in [2.24, 2.45) is 0 Å². The highest BCUT2D eigenvalue weighted by atomic mass is 35.5. The van der Waals surface area contributed by atoms with Gasteiger partial charge in [0, 0.05) is 59.1 Å². The van der Waals surface area contributed by atoms with Crippen molar-refractivity contribution in [3.8, 4) is 5.75 Å². The van der Waals surface area contributed by atoms with Crippen LogP contribution < -0.4 is 4.90 Å². The van der Waals surface area contributed by atoms with Gasteiger partial charge in [0.25, 0.3) is 0 Å². The monoisotopic (exact) mass is 515 g/mol. The van der Waals surface area contributed by atoms with Crippen LogP contribution in [0.1, 0.15) is 17.2 Å². The van der Waals surface area contributed by atoms with Gasteiger partial charge in [0.1, 0.15) is 17.1 Å². The molecule has 1 unspecified atom stereocenters. The van der Waals surface area contributed by atoms with Crippen LogP contribution in [0.2, 0.25) is 15.1 Å². The van der Waals surface area contributed by atoms with Crippen molar-refractivity contribution in [2.45, 2.75) is 6.04 Å². The Balaban J connectivity index is 1.55. The van der Waals surface area contributed by atoms with E-state index in [1.165, 1.54) is 12.1 Å². The molecule has 0 amide bonds. The van der Waals surface area contributed by atoms with Crippen molar-refractivity contribution < 1.29 is 9.50 Å². The third-order valence-corrected chi connectivity index (χ3v) is 7.14. The summed E-state index contributed by atoms with van der Waals surface area (Å²) in [6.07, 6.45) is 1.63. The van der Waals surface area contributed by atoms with Crippen LogP contribution in [0, 0.1) is 5.82 Å². The van der Waals surface area contributed by atoms with Gasteiger partial charge in [0.15, 0.2) is 0 Å². The summed E-state index contributed by atoms with van der Waals surface area (Å²) in [5.74, 6) is -0.172. The normalized spacial score (nSPS) is 15.6. The van der Waals surface area contributed by atoms with Crippen molar-refractivity contribution in [2.75, 3.05) is 31.1 Å². The van der Waals surface area contributed by atoms with Gasteiger partial charge < -0.3 is 10.0 Å². The van der Waals surface area contributed by atoms with E-state index < -0.39 is 0 Å². The standard InChI is InChI=1S/C26H21Cl3FN3O/c27-16-3-8-20(22(28)14-16)25(21-15-23(29)19-2-1-9-31-24(19)26(21)34)33-12-10-32(11-13-33)18-6-4-17(30)5-7-18/h1-9,14-15,25,34H,10-13H2. The first-order valence-corrected chi connectivity index (χ1v) is 12.0. The van der Waals surface area contributed by atoms with E-state index >= 15 is 0 Å². The Morgan fingerprint density at radius 1 is 0.853 bits per heavy atom. The molecule has 0 bridgehead atoms. The highest BCUT2D eigenvalue weighted by Crippen LogP contribution is 2.43. The number of nitrogens with zero attached hydrogens (tertiary/aromatic N) is 3. The van der Waals surface area contributed by atoms with E-state index in [0.29, 0.717) is 44.6 Å². The lowest BCUT2D eigenvalue weighted by atomic mass is 9.94. The molecule has 0 saturated carbocycles. The van der Waals surface area contributed by atoms with Crippen LogP contribution in [-0.4, -0.2) is 41.2 Å². The molecular weight excluding hydrogens is 496 g/mol. The zero-order chi connectivity index (χ0) is 23.8. The van der Waals surface area contributed by atoms with Crippen molar-refractivity contribution in [1.29, 1.82) is 0 Å². The molecule has 34 heavy (non-hydrogen) atoms. The summed E-state index contributed by atoms with van der Waals surface area (Å²) >= 11 is 19.5. The number of aromatic hydroxyl groups is 1. The number of phenols is 1. The van der Waals surface area contributed by atoms with Gasteiger partial charge in [-0.2, -0.15) is 0 Å². The molecule has 8 heteroatoms. The predicted molar refractivity (Wildman–Crippen MR) is 137 cm³/mol. The van der Waals surface area contributed by atoms with Crippen LogP contribution in [0.4, 0.5) is 10.1 Å². The van der Waals surface area contributed by atoms with Crippen LogP contribution in [0.3, 0.4) is 0 Å². The fourth-order valence-corrected chi connectivity index (χ4v) is 5.37. The highest BCUT2D eigenvalue weighted by molar-refractivity contribution is 6.36. The van der Waals surface area contributed by atoms with E-state index in [9.17, 15) is 9.50 Å². The Morgan fingerprint density at radius 2 is 1.59 bits per heavy atom. The fourth-order valence-electron chi connectivity index (χ4n) is 4.59. The molecule has 1 aliphatic heterocycles. The predicted octanol–water partition coefficient (Wildman–Crippen LogP) is 6.95. The number of aromatic nitrogens is 1. The molecule has 3 aromatic carbocycles. The van der Waals surface area contributed by atoms with Crippen LogP contribution in [0.5, 0.6) is 5.75 Å². The van der Waals surface area contributed by atoms with Gasteiger partial charge in [-0.3, -0.25) is 9.88 Å². The molecule has 174 valence electrons. The minimum Gasteiger partial charge on any atom is -0.505 e. The Labute approximate surface area is 212 Å². The number of fused-ring (bicyclic) bond motifs is 1. The number of hydrogen-bond donors (Lipinski definition) is 1. The van der Waals surface area contributed by atoms with E-state index in [1.807, 2.05) is 12.1 Å². The number of pyridine rings is 1. The first kappa shape index (κ1) is 23.2. The van der Waals surface area contributed by atoms with Gasteiger partial charge in [-0.1, -0.05) is 40.9 Å². The van der Waals surface area contributed by atoms with Crippen LogP contribution in [0.15, 0.2) is 66.9 Å². The van der Waals surface area contributed by atoms with Crippen LogP contribution >= 0.6 is 34.8 Å². The third-order valence-electron chi connectivity index (χ3n) is 6.27. The summed E-state index contributed by atoms with van der Waals surface area (Å²) in [5, 5.41) is 13.5. The minimum absolute atomic E-state index is 0.0805. The second-order valence-corrected chi connectivity index (χ2v) is 9.51. The molecule has 1 aromatic heterocycles. The van der Waals surface area contributed by atoms with Gasteiger partial charge in [0.2, 0.25) is 0 Å². The molecular formula is C26H21Cl3FN3O. The SMILES string of the molecule is Oc1c(C(c2ccc(Cl)cc2Cl)N2CCN(c3ccc(F)cc3)CC2)cc(Cl)c2cccnc12. The molecule has 2 heterocycles. The lowest BCUT2D eigenvalue weighted by Gasteiger charge is -2.41. The summed E-state index contributed by atoms with van der Waals surface area (Å²) in [6, 6.07) is 17.0. The summed E-state index contributed by atoms with van der Waals surface area (Å²) in [5.41, 5.74) is 2.88. The molecule has 5 rings (SSSR count). The van der Waals surface area contributed by atoms with Gasteiger partial charge in [-0.05, 0) is 60.2 Å². The van der Waals surface area contributed by atoms with Gasteiger partial charge in [-0.25, -0.2) is 4.39 Å². The molecule has 0 spiro atoms. The van der Waals surface area contributed by atoms with E-state index in [-0.39, 0.29) is 17.6 Å². The third kappa shape index (κ3) is 4.41. The number of piperazine rings is 1. The van der Waals surface area contributed by atoms with Gasteiger partial charge >= 0.3 is 0 Å². The average molecular weight is 517 g/mol. The summed E-state index contributed by atoms with van der Waals surface area (Å²) < 4.78 is 13.4. The molecule has 0 aliphatic carbocycles. The van der Waals surface area contributed by atoms with Gasteiger partial charge in [0.05, 0.1) is 11.1 Å². The first-order chi connectivity index (χ1) is 16.4. The number of rotatable bonds is 4. The minimum atomic E-state index is -0.357. The Hall–Kier alpha value is -2.57. The molecule has 1 saturated heterocycles. The molecule has 4 aromatic rings. The zero-order valence-corrected chi connectivity index (χ0v) is 20.3. The summed E-state index contributed by atoms with van der Waals surface area (Å²) in [7, 11) is 0. The lowest BCUT2D eigenvalue weighted by molar-refractivity contribution is 0.209. The van der Waals surface area contributed by atoms with E-state index in [2.05, 4.69) is 14.8 Å². The van der Waals surface area contributed by atoms with Crippen molar-refractivity contribution >= 4 is 51.4 Å². The second kappa shape index (κ2) is 9.59. The topological polar surface area (TPSA) is 39.6 Å². The van der Waals surface area contributed by atoms with Crippen LogP contribution in [0.25, 0.3) is 10.9 Å². The van der Waals surface area contributed by atoms with E-state index in [1.54, 1.807) is 42.6 Å². The lowest BCUT2D eigenvalue weighted by Crippen LogP contribution is -2.48. The maximum absolute atomic E-state index is 13.4. The number of phenolic OH excluding ortho intramolecular Hbond substituents is 1. The molecule has 1 aliphatic rings. The Kier molecular flexibility index (Phi) is 6.54. The van der Waals surface area contributed by atoms with Crippen molar-refractivity contribution in [1.82, 2.24) is 9.88 Å². The smallest absolute Gasteiger partial charge is 0.147 e. The molecule has 1 fully saturated rings. The van der Waals surface area contributed by atoms with Crippen molar-refractivity contribution in [3.63, 3.8) is 0 Å². The average Bonchev–Trinajstić information content (AvgIpc) is 2.84. The molecule has 0 radical (unpaired) electrons. The molecule has 4 nitrogen and oxygen atoms in total. The summed E-state index contributed by atoms with van der Waals surface area (Å²) in [4.78, 5) is 8.85. The Bertz CT molecular complexity index is 1340. The maximum atomic E-state index is 13.4. The largest absolute Gasteiger partial charge is 0.505 e.